The van der Waals surface area contributed by atoms with Gasteiger partial charge in [-0.1, -0.05) is 10.4 Å². The van der Waals surface area contributed by atoms with E-state index in [1.165, 1.54) is 16.8 Å². The molecule has 3 aromatic heterocycles. The van der Waals surface area contributed by atoms with Gasteiger partial charge in [-0.05, 0) is 42.8 Å². The van der Waals surface area contributed by atoms with Crippen molar-refractivity contribution in [2.75, 3.05) is 4.90 Å². The molecule has 1 N–H and O–H groups in total. The van der Waals surface area contributed by atoms with Crippen LogP contribution in [0.4, 0.5) is 10.2 Å². The summed E-state index contributed by atoms with van der Waals surface area (Å²) in [5.74, 6) is -0.809. The summed E-state index contributed by atoms with van der Waals surface area (Å²) in [4.78, 5) is 23.6. The highest BCUT2D eigenvalue weighted by atomic mass is 19.1. The summed E-state index contributed by atoms with van der Waals surface area (Å²) in [6.07, 6.45) is 4.72. The van der Waals surface area contributed by atoms with Crippen LogP contribution in [0.3, 0.4) is 0 Å². The second-order valence-electron chi connectivity index (χ2n) is 9.12. The fourth-order valence-electron chi connectivity index (χ4n) is 4.74. The van der Waals surface area contributed by atoms with Gasteiger partial charge in [0.15, 0.2) is 5.65 Å². The third-order valence-electron chi connectivity index (χ3n) is 6.84. The Labute approximate surface area is 204 Å². The van der Waals surface area contributed by atoms with E-state index < -0.39 is 39.6 Å². The van der Waals surface area contributed by atoms with Gasteiger partial charge < -0.3 is 10.2 Å². The van der Waals surface area contributed by atoms with E-state index in [0.29, 0.717) is 24.2 Å². The van der Waals surface area contributed by atoms with Crippen LogP contribution in [0.25, 0.3) is 5.65 Å². The summed E-state index contributed by atoms with van der Waals surface area (Å²) in [5, 5.41) is 1.63. The fourth-order valence-corrected chi connectivity index (χ4v) is 4.74. The molecule has 0 saturated carbocycles. The Morgan fingerprint density at radius 3 is 2.65 bits per heavy atom. The lowest BCUT2D eigenvalue weighted by Crippen LogP contribution is -2.55. The molecule has 34 heavy (non-hydrogen) atoms. The van der Waals surface area contributed by atoms with E-state index >= 15 is 0 Å². The number of amides is 1. The molecule has 1 fully saturated rings. The molecule has 5 heterocycles. The molecule has 3 aromatic rings. The maximum absolute atomic E-state index is 14.5. The summed E-state index contributed by atoms with van der Waals surface area (Å²) in [6.45, 7) is 1.56. The van der Waals surface area contributed by atoms with Gasteiger partial charge in [0.1, 0.15) is 17.2 Å². The first-order valence-electron chi connectivity index (χ1n) is 10.7. The van der Waals surface area contributed by atoms with E-state index in [2.05, 4.69) is 20.4 Å². The van der Waals surface area contributed by atoms with Crippen molar-refractivity contribution in [1.29, 1.82) is 0 Å². The molecular formula is C20H15B6FN6O. The Kier molecular flexibility index (Phi) is 5.05. The number of nitrogens with one attached hydrogen (secondary N) is 1. The van der Waals surface area contributed by atoms with E-state index in [9.17, 15) is 9.18 Å². The predicted molar refractivity (Wildman–Crippen MR) is 130 cm³/mol. The van der Waals surface area contributed by atoms with E-state index in [1.807, 2.05) is 0 Å². The van der Waals surface area contributed by atoms with Crippen LogP contribution >= 0.6 is 0 Å². The van der Waals surface area contributed by atoms with Crippen LogP contribution in [0.5, 0.6) is 0 Å². The van der Waals surface area contributed by atoms with Gasteiger partial charge in [-0.15, -0.1) is 0 Å². The number of halogens is 1. The zero-order valence-corrected chi connectivity index (χ0v) is 18.4. The standard InChI is InChI=1S/C20H15B6FN6O/c1-9-19(23,24)20(25,26)15-11(6-10(27)7-28-15)13-2-4-18(21,22)33(13)14-3-5-32-16(31-14)12(8-29-32)17(34)30-9/h3,5-9,13H,2,4H2,1H3,(H,30,34)/t9-,13?/m1/s1. The summed E-state index contributed by atoms with van der Waals surface area (Å²) < 4.78 is 15.9. The molecule has 14 heteroatoms. The van der Waals surface area contributed by atoms with Crippen molar-refractivity contribution in [2.45, 2.75) is 47.6 Å². The number of carbonyl (C=O) groups is 1. The van der Waals surface area contributed by atoms with Crippen LogP contribution in [0, 0.1) is 5.82 Å². The van der Waals surface area contributed by atoms with Crippen molar-refractivity contribution in [3.05, 3.63) is 53.4 Å². The van der Waals surface area contributed by atoms with Crippen molar-refractivity contribution >= 4 is 64.4 Å². The highest BCUT2D eigenvalue weighted by Gasteiger charge is 2.47. The molecule has 1 unspecified atom stereocenters. The van der Waals surface area contributed by atoms with Crippen LogP contribution in [-0.4, -0.2) is 83.9 Å². The third-order valence-corrected chi connectivity index (χ3v) is 6.84. The number of aromatic nitrogens is 4. The van der Waals surface area contributed by atoms with E-state index in [-0.39, 0.29) is 16.9 Å². The average molecular weight is 439 g/mol. The first-order valence-corrected chi connectivity index (χ1v) is 10.7. The van der Waals surface area contributed by atoms with Gasteiger partial charge in [0.2, 0.25) is 0 Å². The fraction of sp³-hybridized carbons (Fsp3) is 0.400. The number of hydrogen-bond acceptors (Lipinski definition) is 5. The maximum Gasteiger partial charge on any atom is 0.256 e. The van der Waals surface area contributed by atoms with E-state index in [4.69, 9.17) is 47.1 Å². The zero-order chi connectivity index (χ0) is 24.6. The predicted octanol–water partition coefficient (Wildman–Crippen LogP) is -0.329. The van der Waals surface area contributed by atoms with Gasteiger partial charge in [0.05, 0.1) is 65.5 Å². The lowest BCUT2D eigenvalue weighted by Gasteiger charge is -2.49. The molecule has 7 nitrogen and oxygen atoms in total. The highest BCUT2D eigenvalue weighted by molar-refractivity contribution is 6.54. The minimum atomic E-state index is -2.00. The Balaban J connectivity index is 1.83. The molecule has 156 valence electrons. The van der Waals surface area contributed by atoms with E-state index in [0.717, 1.165) is 6.20 Å². The van der Waals surface area contributed by atoms with Crippen LogP contribution in [0.15, 0.2) is 30.7 Å². The average Bonchev–Trinajstić information content (AvgIpc) is 3.32. The van der Waals surface area contributed by atoms with Crippen molar-refractivity contribution in [3.63, 3.8) is 0 Å². The molecule has 0 spiro atoms. The first kappa shape index (κ1) is 23.1. The molecule has 0 aromatic carbocycles. The van der Waals surface area contributed by atoms with Crippen molar-refractivity contribution in [1.82, 2.24) is 24.9 Å². The Hall–Kier alpha value is -2.64. The molecule has 1 saturated heterocycles. The monoisotopic (exact) mass is 440 g/mol. The first-order chi connectivity index (χ1) is 15.8. The van der Waals surface area contributed by atoms with Gasteiger partial charge in [-0.2, -0.15) is 5.10 Å². The summed E-state index contributed by atoms with van der Waals surface area (Å²) >= 11 is 0. The molecule has 2 aliphatic heterocycles. The number of nitrogens with zero attached hydrogens (tertiary/aromatic N) is 5. The van der Waals surface area contributed by atoms with Gasteiger partial charge in [-0.3, -0.25) is 9.78 Å². The number of hydrogen-bond donors (Lipinski definition) is 1. The van der Waals surface area contributed by atoms with Crippen molar-refractivity contribution in [2.24, 2.45) is 0 Å². The molecule has 5 rings (SSSR count). The molecule has 0 aliphatic carbocycles. The number of carbonyl (C=O) groups excluding carboxylic acids is 1. The van der Waals surface area contributed by atoms with Gasteiger partial charge >= 0.3 is 0 Å². The minimum absolute atomic E-state index is 0.0519. The molecule has 2 aliphatic rings. The van der Waals surface area contributed by atoms with Crippen LogP contribution in [0.2, 0.25) is 5.21 Å². The number of rotatable bonds is 0. The highest BCUT2D eigenvalue weighted by Crippen LogP contribution is 2.48. The van der Waals surface area contributed by atoms with Gasteiger partial charge in [0, 0.05) is 17.9 Å². The summed E-state index contributed by atoms with van der Waals surface area (Å²) in [5.41, 5.74) is 0.791. The Morgan fingerprint density at radius 1 is 1.18 bits per heavy atom. The normalized spacial score (nSPS) is 25.0. The third kappa shape index (κ3) is 3.24. The molecular weight excluding hydrogens is 424 g/mol. The Bertz CT molecular complexity index is 1310. The number of fused-ring (bicyclic) bond motifs is 5. The van der Waals surface area contributed by atoms with Crippen molar-refractivity contribution < 1.29 is 9.18 Å². The quantitative estimate of drug-likeness (QED) is 0.486. The minimum Gasteiger partial charge on any atom is -0.361 e. The number of anilines is 1. The Morgan fingerprint density at radius 2 is 1.91 bits per heavy atom. The maximum atomic E-state index is 14.5. The molecule has 2 atom stereocenters. The van der Waals surface area contributed by atoms with E-state index in [1.54, 1.807) is 24.1 Å². The molecule has 12 radical (unpaired) electrons. The second-order valence-corrected chi connectivity index (χ2v) is 9.12. The zero-order valence-electron chi connectivity index (χ0n) is 18.4. The topological polar surface area (TPSA) is 75.4 Å². The summed E-state index contributed by atoms with van der Waals surface area (Å²) in [7, 11) is 38.8. The lowest BCUT2D eigenvalue weighted by atomic mass is 9.27. The van der Waals surface area contributed by atoms with Gasteiger partial charge in [0.25, 0.3) is 5.91 Å². The van der Waals surface area contributed by atoms with Crippen LogP contribution < -0.4 is 10.2 Å². The summed E-state index contributed by atoms with van der Waals surface area (Å²) in [6, 6.07) is 1.35. The molecule has 2 bridgehead atoms. The second kappa shape index (κ2) is 7.43. The largest absolute Gasteiger partial charge is 0.361 e. The van der Waals surface area contributed by atoms with Crippen LogP contribution in [0.1, 0.15) is 47.4 Å². The lowest BCUT2D eigenvalue weighted by molar-refractivity contribution is 0.0936. The van der Waals surface area contributed by atoms with Crippen LogP contribution in [-0.2, 0) is 5.21 Å². The van der Waals surface area contributed by atoms with Gasteiger partial charge in [-0.25, -0.2) is 13.9 Å². The smallest absolute Gasteiger partial charge is 0.256 e. The molecule has 1 amide bonds. The van der Waals surface area contributed by atoms with Crippen molar-refractivity contribution in [3.8, 4) is 0 Å². The number of pyridine rings is 1. The SMILES string of the molecule is [B]C1([B])CCC2c3cc(F)cnc3C([B])([B])C([B])([B])[C@@H](C)NC(=O)c3cnn4ccc(nc34)N21.